The SMILES string of the molecule is O=C1c2ccccc2C(=O)N1CCOCCOCCOCCOCCOCCOCCOCCOCCOCCOCCOCCCl. The molecule has 14 nitrogen and oxygen atoms in total. The molecule has 1 aromatic carbocycles. The number of carbonyl (C=O) groups excluding carboxylic acids is 2. The third-order valence-electron chi connectivity index (χ3n) is 6.28. The predicted octanol–water partition coefficient (Wildman–Crippen LogP) is 1.70. The van der Waals surface area contributed by atoms with Crippen LogP contribution >= 0.6 is 11.6 Å². The summed E-state index contributed by atoms with van der Waals surface area (Å²) >= 11 is 5.51. The molecule has 1 aliphatic rings. The summed E-state index contributed by atoms with van der Waals surface area (Å²) in [5, 5.41) is 0. The van der Waals surface area contributed by atoms with Gasteiger partial charge in [-0.25, -0.2) is 0 Å². The van der Waals surface area contributed by atoms with Crippen molar-refractivity contribution in [1.82, 2.24) is 4.90 Å². The summed E-state index contributed by atoms with van der Waals surface area (Å²) < 4.78 is 59.7. The molecule has 1 heterocycles. The molecule has 0 aromatic heterocycles. The van der Waals surface area contributed by atoms with Gasteiger partial charge in [0.15, 0.2) is 0 Å². The Hall–Kier alpha value is -1.79. The highest BCUT2D eigenvalue weighted by atomic mass is 35.5. The first kappa shape index (κ1) is 41.4. The van der Waals surface area contributed by atoms with Crippen LogP contribution in [0.4, 0.5) is 0 Å². The van der Waals surface area contributed by atoms with Gasteiger partial charge in [0.1, 0.15) is 0 Å². The molecule has 1 aliphatic heterocycles. The van der Waals surface area contributed by atoms with Crippen LogP contribution in [-0.2, 0) is 52.1 Å². The van der Waals surface area contributed by atoms with E-state index < -0.39 is 0 Å². The van der Waals surface area contributed by atoms with Crippen LogP contribution in [0.5, 0.6) is 0 Å². The largest absolute Gasteiger partial charge is 0.378 e. The van der Waals surface area contributed by atoms with E-state index in [0.717, 1.165) is 0 Å². The fourth-order valence-corrected chi connectivity index (χ4v) is 4.06. The lowest BCUT2D eigenvalue weighted by Gasteiger charge is -2.13. The van der Waals surface area contributed by atoms with Crippen molar-refractivity contribution in [3.8, 4) is 0 Å². The van der Waals surface area contributed by atoms with E-state index in [1.54, 1.807) is 24.3 Å². The van der Waals surface area contributed by atoms with Gasteiger partial charge in [0.05, 0.1) is 163 Å². The number of nitrogens with zero attached hydrogens (tertiary/aromatic N) is 1. The summed E-state index contributed by atoms with van der Waals surface area (Å²) in [5.41, 5.74) is 0.883. The first-order chi connectivity index (χ1) is 23.3. The monoisotopic (exact) mass is 693 g/mol. The molecular weight excluding hydrogens is 642 g/mol. The fraction of sp³-hybridized carbons (Fsp3) is 0.750. The van der Waals surface area contributed by atoms with Crippen molar-refractivity contribution in [1.29, 1.82) is 0 Å². The van der Waals surface area contributed by atoms with Gasteiger partial charge in [0.25, 0.3) is 11.8 Å². The number of hydrogen-bond acceptors (Lipinski definition) is 13. The van der Waals surface area contributed by atoms with Crippen molar-refractivity contribution >= 4 is 23.4 Å². The van der Waals surface area contributed by atoms with Crippen molar-refractivity contribution in [2.45, 2.75) is 0 Å². The molecule has 1 aromatic rings. The molecule has 270 valence electrons. The van der Waals surface area contributed by atoms with Gasteiger partial charge in [0, 0.05) is 5.88 Å². The van der Waals surface area contributed by atoms with Crippen molar-refractivity contribution in [2.24, 2.45) is 0 Å². The second-order valence-electron chi connectivity index (χ2n) is 9.73. The molecule has 0 aliphatic carbocycles. The van der Waals surface area contributed by atoms with Gasteiger partial charge in [-0.15, -0.1) is 11.6 Å². The molecule has 0 spiro atoms. The first-order valence-corrected chi connectivity index (χ1v) is 16.7. The summed E-state index contributed by atoms with van der Waals surface area (Å²) in [6.45, 7) is 10.6. The van der Waals surface area contributed by atoms with Gasteiger partial charge in [-0.1, -0.05) is 12.1 Å². The second kappa shape index (κ2) is 30.3. The molecular formula is C32H52ClNO13. The average molecular weight is 694 g/mol. The Kier molecular flexibility index (Phi) is 26.7. The van der Waals surface area contributed by atoms with Gasteiger partial charge >= 0.3 is 0 Å². The van der Waals surface area contributed by atoms with Gasteiger partial charge in [-0.3, -0.25) is 14.5 Å². The van der Waals surface area contributed by atoms with Crippen molar-refractivity contribution in [3.63, 3.8) is 0 Å². The molecule has 0 bridgehead atoms. The topological polar surface area (TPSA) is 139 Å². The molecule has 0 radical (unpaired) electrons. The maximum Gasteiger partial charge on any atom is 0.261 e. The summed E-state index contributed by atoms with van der Waals surface area (Å²) in [5.74, 6) is -0.0654. The van der Waals surface area contributed by atoms with E-state index in [9.17, 15) is 9.59 Å². The van der Waals surface area contributed by atoms with Crippen LogP contribution in [0, 0.1) is 0 Å². The van der Waals surface area contributed by atoms with E-state index in [2.05, 4.69) is 0 Å². The maximum atomic E-state index is 12.3. The lowest BCUT2D eigenvalue weighted by Crippen LogP contribution is -2.33. The van der Waals surface area contributed by atoms with Crippen LogP contribution in [0.1, 0.15) is 20.7 Å². The average Bonchev–Trinajstić information content (AvgIpc) is 3.33. The standard InChI is InChI=1S/C32H52ClNO13/c33-5-7-37-9-11-39-13-15-41-17-19-43-21-23-45-25-27-47-28-26-46-24-22-44-20-18-42-16-14-40-12-10-38-8-6-34-31(35)29-3-1-2-4-30(29)32(34)36/h1-4H,5-28H2. The zero-order valence-electron chi connectivity index (χ0n) is 27.4. The number of imide groups is 1. The van der Waals surface area contributed by atoms with Crippen LogP contribution in [0.3, 0.4) is 0 Å². The predicted molar refractivity (Wildman–Crippen MR) is 172 cm³/mol. The zero-order valence-corrected chi connectivity index (χ0v) is 28.2. The van der Waals surface area contributed by atoms with E-state index in [1.165, 1.54) is 4.90 Å². The highest BCUT2D eigenvalue weighted by Gasteiger charge is 2.34. The molecule has 0 atom stereocenters. The quantitative estimate of drug-likeness (QED) is 0.0580. The summed E-state index contributed by atoms with van der Waals surface area (Å²) in [7, 11) is 0. The molecule has 47 heavy (non-hydrogen) atoms. The first-order valence-electron chi connectivity index (χ1n) is 16.1. The fourth-order valence-electron chi connectivity index (χ4n) is 3.95. The minimum atomic E-state index is -0.278. The van der Waals surface area contributed by atoms with Gasteiger partial charge in [0.2, 0.25) is 0 Å². The van der Waals surface area contributed by atoms with Crippen LogP contribution in [0.25, 0.3) is 0 Å². The summed E-state index contributed by atoms with van der Waals surface area (Å²) in [4.78, 5) is 25.8. The van der Waals surface area contributed by atoms with Crippen molar-refractivity contribution in [2.75, 3.05) is 158 Å². The molecule has 2 amide bonds. The number of halogens is 1. The minimum absolute atomic E-state index is 0.214. The summed E-state index contributed by atoms with van der Waals surface area (Å²) in [6.07, 6.45) is 0. The third-order valence-corrected chi connectivity index (χ3v) is 6.43. The van der Waals surface area contributed by atoms with Crippen LogP contribution in [0.2, 0.25) is 0 Å². The number of carbonyl (C=O) groups is 2. The van der Waals surface area contributed by atoms with E-state index in [4.69, 9.17) is 63.7 Å². The van der Waals surface area contributed by atoms with E-state index >= 15 is 0 Å². The summed E-state index contributed by atoms with van der Waals surface area (Å²) in [6, 6.07) is 6.81. The Balaban J connectivity index is 1.18. The Morgan fingerprint density at radius 3 is 0.872 bits per heavy atom. The minimum Gasteiger partial charge on any atom is -0.378 e. The molecule has 15 heteroatoms. The number of fused-ring (bicyclic) bond motifs is 1. The van der Waals surface area contributed by atoms with E-state index in [1.807, 2.05) is 0 Å². The normalized spacial score (nSPS) is 12.8. The number of amides is 2. The van der Waals surface area contributed by atoms with E-state index in [0.29, 0.717) is 156 Å². The van der Waals surface area contributed by atoms with Crippen LogP contribution < -0.4 is 0 Å². The molecule has 0 saturated carbocycles. The highest BCUT2D eigenvalue weighted by molar-refractivity contribution is 6.21. The molecule has 0 unspecified atom stereocenters. The number of rotatable bonds is 35. The van der Waals surface area contributed by atoms with Crippen molar-refractivity contribution in [3.05, 3.63) is 35.4 Å². The van der Waals surface area contributed by atoms with E-state index in [-0.39, 0.29) is 25.0 Å². The Bertz CT molecular complexity index is 879. The Morgan fingerprint density at radius 1 is 0.383 bits per heavy atom. The van der Waals surface area contributed by atoms with Crippen LogP contribution in [-0.4, -0.2) is 174 Å². The Labute approximate surface area is 283 Å². The Morgan fingerprint density at radius 2 is 0.617 bits per heavy atom. The number of alkyl halides is 1. The highest BCUT2D eigenvalue weighted by Crippen LogP contribution is 2.21. The third kappa shape index (κ3) is 21.0. The van der Waals surface area contributed by atoms with Gasteiger partial charge in [-0.2, -0.15) is 0 Å². The maximum absolute atomic E-state index is 12.3. The second-order valence-corrected chi connectivity index (χ2v) is 10.1. The molecule has 0 saturated heterocycles. The molecule has 0 N–H and O–H groups in total. The van der Waals surface area contributed by atoms with Gasteiger partial charge < -0.3 is 52.1 Å². The van der Waals surface area contributed by atoms with Gasteiger partial charge in [-0.05, 0) is 12.1 Å². The molecule has 2 rings (SSSR count). The van der Waals surface area contributed by atoms with Crippen LogP contribution in [0.15, 0.2) is 24.3 Å². The lowest BCUT2D eigenvalue weighted by molar-refractivity contribution is -0.0274. The number of benzene rings is 1. The zero-order chi connectivity index (χ0) is 33.5. The smallest absolute Gasteiger partial charge is 0.261 e. The lowest BCUT2D eigenvalue weighted by atomic mass is 10.1. The van der Waals surface area contributed by atoms with Crippen molar-refractivity contribution < 1.29 is 61.7 Å². The number of ether oxygens (including phenoxy) is 11. The molecule has 0 fully saturated rings. The number of hydrogen-bond donors (Lipinski definition) is 0.